The van der Waals surface area contributed by atoms with Crippen LogP contribution in [-0.4, -0.2) is 5.16 Å². The molecule has 0 aliphatic heterocycles. The Morgan fingerprint density at radius 3 is 3.20 bits per heavy atom. The topological polar surface area (TPSA) is 49.8 Å². The molecule has 0 radical (unpaired) electrons. The average Bonchev–Trinajstić information content (AvgIpc) is 2.41. The second kappa shape index (κ2) is 3.32. The Morgan fingerprint density at radius 2 is 2.60 bits per heavy atom. The molecular weight excluding hydrogens is 128 g/mol. The Morgan fingerprint density at radius 1 is 1.70 bits per heavy atom. The van der Waals surface area contributed by atoms with Crippen LogP contribution in [0.1, 0.15) is 12.0 Å². The Balaban J connectivity index is 2.59. The summed E-state index contributed by atoms with van der Waals surface area (Å²) in [6, 6.07) is 1.91. The molecular formula is C7H4N2O. The van der Waals surface area contributed by atoms with E-state index in [-0.39, 0.29) is 6.42 Å². The zero-order valence-electron chi connectivity index (χ0n) is 5.16. The van der Waals surface area contributed by atoms with Crippen LogP contribution in [0.3, 0.4) is 0 Å². The molecule has 0 atom stereocenters. The quantitative estimate of drug-likeness (QED) is 0.493. The fraction of sp³-hybridized carbons (Fsp3) is 0.143. The van der Waals surface area contributed by atoms with E-state index in [0.717, 1.165) is 0 Å². The Bertz CT molecular complexity index is 284. The highest BCUT2D eigenvalue weighted by Crippen LogP contribution is 1.91. The number of aromatic nitrogens is 1. The van der Waals surface area contributed by atoms with Gasteiger partial charge < -0.3 is 4.52 Å². The van der Waals surface area contributed by atoms with E-state index in [1.165, 1.54) is 12.5 Å². The van der Waals surface area contributed by atoms with Crippen LogP contribution >= 0.6 is 0 Å². The molecule has 0 saturated carbocycles. The third-order valence-corrected chi connectivity index (χ3v) is 0.832. The SMILES string of the molecule is N#CCC#Cc1cnoc1. The van der Waals surface area contributed by atoms with E-state index < -0.39 is 0 Å². The molecule has 3 heteroatoms. The fourth-order valence-electron chi connectivity index (χ4n) is 0.452. The van der Waals surface area contributed by atoms with Crippen molar-refractivity contribution in [2.45, 2.75) is 6.42 Å². The summed E-state index contributed by atoms with van der Waals surface area (Å²) in [7, 11) is 0. The van der Waals surface area contributed by atoms with E-state index in [4.69, 9.17) is 5.26 Å². The molecule has 3 nitrogen and oxygen atoms in total. The lowest BCUT2D eigenvalue weighted by Crippen LogP contribution is -1.63. The summed E-state index contributed by atoms with van der Waals surface area (Å²) < 4.78 is 4.51. The summed E-state index contributed by atoms with van der Waals surface area (Å²) in [4.78, 5) is 0. The standard InChI is InChI=1S/C7H4N2O/c8-4-2-1-3-7-5-9-10-6-7/h5-6H,2H2. The second-order valence-corrected chi connectivity index (χ2v) is 1.55. The first-order valence-electron chi connectivity index (χ1n) is 2.68. The van der Waals surface area contributed by atoms with Crippen molar-refractivity contribution < 1.29 is 4.52 Å². The van der Waals surface area contributed by atoms with Crippen molar-refractivity contribution in [2.75, 3.05) is 0 Å². The molecule has 0 aliphatic carbocycles. The monoisotopic (exact) mass is 132 g/mol. The van der Waals surface area contributed by atoms with Crippen molar-refractivity contribution in [1.29, 1.82) is 5.26 Å². The number of hydrogen-bond acceptors (Lipinski definition) is 3. The van der Waals surface area contributed by atoms with Gasteiger partial charge in [-0.05, 0) is 0 Å². The number of hydrogen-bond donors (Lipinski definition) is 0. The summed E-state index contributed by atoms with van der Waals surface area (Å²) in [6.45, 7) is 0. The van der Waals surface area contributed by atoms with E-state index in [2.05, 4.69) is 21.5 Å². The third kappa shape index (κ3) is 1.65. The van der Waals surface area contributed by atoms with Gasteiger partial charge >= 0.3 is 0 Å². The Hall–Kier alpha value is -1.74. The molecule has 1 rings (SSSR count). The normalized spacial score (nSPS) is 7.50. The molecule has 1 aromatic heterocycles. The maximum atomic E-state index is 8.10. The first-order chi connectivity index (χ1) is 4.93. The summed E-state index contributed by atoms with van der Waals surface area (Å²) >= 11 is 0. The van der Waals surface area contributed by atoms with E-state index in [9.17, 15) is 0 Å². The minimum atomic E-state index is 0.241. The predicted octanol–water partition coefficient (Wildman–Crippen LogP) is 0.940. The van der Waals surface area contributed by atoms with Gasteiger partial charge in [-0.15, -0.1) is 0 Å². The van der Waals surface area contributed by atoms with Gasteiger partial charge in [-0.25, -0.2) is 0 Å². The second-order valence-electron chi connectivity index (χ2n) is 1.55. The average molecular weight is 132 g/mol. The molecule has 0 aliphatic rings. The lowest BCUT2D eigenvalue weighted by atomic mass is 10.3. The molecule has 0 bridgehead atoms. The molecule has 0 aromatic carbocycles. The van der Waals surface area contributed by atoms with E-state index in [1.54, 1.807) is 0 Å². The van der Waals surface area contributed by atoms with E-state index in [0.29, 0.717) is 5.56 Å². The molecule has 10 heavy (non-hydrogen) atoms. The van der Waals surface area contributed by atoms with Gasteiger partial charge in [0.2, 0.25) is 0 Å². The minimum Gasteiger partial charge on any atom is -0.363 e. The van der Waals surface area contributed by atoms with Gasteiger partial charge in [0.15, 0.2) is 0 Å². The smallest absolute Gasteiger partial charge is 0.139 e. The largest absolute Gasteiger partial charge is 0.363 e. The molecule has 1 aromatic rings. The zero-order chi connectivity index (χ0) is 7.23. The van der Waals surface area contributed by atoms with Crippen molar-refractivity contribution in [2.24, 2.45) is 0 Å². The van der Waals surface area contributed by atoms with Gasteiger partial charge in [-0.3, -0.25) is 0 Å². The summed E-state index contributed by atoms with van der Waals surface area (Å²) in [6.07, 6.45) is 3.18. The van der Waals surface area contributed by atoms with Crippen LogP contribution in [0.4, 0.5) is 0 Å². The van der Waals surface area contributed by atoms with Gasteiger partial charge in [0.05, 0.1) is 24.3 Å². The van der Waals surface area contributed by atoms with Crippen LogP contribution in [0.2, 0.25) is 0 Å². The van der Waals surface area contributed by atoms with Crippen molar-refractivity contribution in [1.82, 2.24) is 5.16 Å². The van der Waals surface area contributed by atoms with Gasteiger partial charge in [-0.2, -0.15) is 5.26 Å². The maximum absolute atomic E-state index is 8.10. The lowest BCUT2D eigenvalue weighted by molar-refractivity contribution is 0.419. The van der Waals surface area contributed by atoms with Crippen LogP contribution in [0.5, 0.6) is 0 Å². The van der Waals surface area contributed by atoms with Crippen LogP contribution in [-0.2, 0) is 0 Å². The van der Waals surface area contributed by atoms with Crippen LogP contribution in [0.25, 0.3) is 0 Å². The van der Waals surface area contributed by atoms with Crippen LogP contribution in [0, 0.1) is 23.2 Å². The number of rotatable bonds is 0. The summed E-state index contributed by atoms with van der Waals surface area (Å²) in [5.74, 6) is 5.32. The summed E-state index contributed by atoms with van der Waals surface area (Å²) in [5.41, 5.74) is 0.704. The third-order valence-electron chi connectivity index (χ3n) is 0.832. The molecule has 1 heterocycles. The van der Waals surface area contributed by atoms with Crippen molar-refractivity contribution in [3.05, 3.63) is 18.0 Å². The highest BCUT2D eigenvalue weighted by Gasteiger charge is 1.84. The molecule has 0 saturated heterocycles. The predicted molar refractivity (Wildman–Crippen MR) is 33.6 cm³/mol. The highest BCUT2D eigenvalue weighted by atomic mass is 16.5. The van der Waals surface area contributed by atoms with Crippen LogP contribution in [0.15, 0.2) is 17.0 Å². The van der Waals surface area contributed by atoms with Gasteiger partial charge in [-0.1, -0.05) is 17.0 Å². The molecule has 0 N–H and O–H groups in total. The molecule has 0 spiro atoms. The molecule has 0 amide bonds. The maximum Gasteiger partial charge on any atom is 0.139 e. The molecule has 0 unspecified atom stereocenters. The summed E-state index contributed by atoms with van der Waals surface area (Å²) in [5, 5.41) is 11.5. The van der Waals surface area contributed by atoms with E-state index in [1.807, 2.05) is 6.07 Å². The van der Waals surface area contributed by atoms with Gasteiger partial charge in [0.25, 0.3) is 0 Å². The first kappa shape index (κ1) is 6.38. The Kier molecular flexibility index (Phi) is 2.12. The number of nitriles is 1. The molecule has 48 valence electrons. The lowest BCUT2D eigenvalue weighted by Gasteiger charge is -1.68. The molecule has 0 fully saturated rings. The van der Waals surface area contributed by atoms with Crippen molar-refractivity contribution in [3.63, 3.8) is 0 Å². The van der Waals surface area contributed by atoms with E-state index >= 15 is 0 Å². The van der Waals surface area contributed by atoms with Gasteiger partial charge in [0, 0.05) is 0 Å². The first-order valence-corrected chi connectivity index (χ1v) is 2.68. The number of nitrogens with zero attached hydrogens (tertiary/aromatic N) is 2. The van der Waals surface area contributed by atoms with Crippen LogP contribution < -0.4 is 0 Å². The van der Waals surface area contributed by atoms with Gasteiger partial charge in [0.1, 0.15) is 6.26 Å². The van der Waals surface area contributed by atoms with Crippen molar-refractivity contribution in [3.8, 4) is 17.9 Å². The van der Waals surface area contributed by atoms with Crippen molar-refractivity contribution >= 4 is 0 Å². The minimum absolute atomic E-state index is 0.241. The fourth-order valence-corrected chi connectivity index (χ4v) is 0.452. The Labute approximate surface area is 58.2 Å². The zero-order valence-corrected chi connectivity index (χ0v) is 5.16. The highest BCUT2D eigenvalue weighted by molar-refractivity contribution is 5.28.